The van der Waals surface area contributed by atoms with Gasteiger partial charge in [-0.3, -0.25) is 4.90 Å². The quantitative estimate of drug-likeness (QED) is 0.644. The molecular weight excluding hydrogens is 382 g/mol. The summed E-state index contributed by atoms with van der Waals surface area (Å²) in [7, 11) is 0. The van der Waals surface area contributed by atoms with Gasteiger partial charge >= 0.3 is 0 Å². The molecule has 2 unspecified atom stereocenters. The van der Waals surface area contributed by atoms with Crippen LogP contribution in [0.3, 0.4) is 0 Å². The van der Waals surface area contributed by atoms with Gasteiger partial charge in [0.2, 0.25) is 0 Å². The number of morpholine rings is 1. The molecule has 4 rings (SSSR count). The molecule has 0 radical (unpaired) electrons. The molecule has 0 spiro atoms. The molecule has 1 heterocycles. The SMILES string of the molecule is OC(Cc1ccccc1Cl)(c1ccccc1)C1CN(Cc2ccccc2)CCO1. The molecule has 0 amide bonds. The summed E-state index contributed by atoms with van der Waals surface area (Å²) < 4.78 is 6.14. The third kappa shape index (κ3) is 4.71. The van der Waals surface area contributed by atoms with Gasteiger partial charge in [0.25, 0.3) is 0 Å². The largest absolute Gasteiger partial charge is 0.382 e. The van der Waals surface area contributed by atoms with Crippen LogP contribution in [0.2, 0.25) is 5.02 Å². The van der Waals surface area contributed by atoms with Gasteiger partial charge in [0.05, 0.1) is 6.61 Å². The zero-order chi connectivity index (χ0) is 20.1. The fraction of sp³-hybridized carbons (Fsp3) is 0.280. The molecule has 1 aliphatic rings. The lowest BCUT2D eigenvalue weighted by Gasteiger charge is -2.42. The lowest BCUT2D eigenvalue weighted by atomic mass is 9.81. The van der Waals surface area contributed by atoms with Gasteiger partial charge in [-0.2, -0.15) is 0 Å². The Bertz CT molecular complexity index is 918. The van der Waals surface area contributed by atoms with E-state index in [0.717, 1.165) is 24.2 Å². The van der Waals surface area contributed by atoms with Gasteiger partial charge < -0.3 is 9.84 Å². The van der Waals surface area contributed by atoms with Crippen LogP contribution in [0.25, 0.3) is 0 Å². The van der Waals surface area contributed by atoms with E-state index >= 15 is 0 Å². The average Bonchev–Trinajstić information content (AvgIpc) is 2.77. The number of nitrogens with zero attached hydrogens (tertiary/aromatic N) is 1. The van der Waals surface area contributed by atoms with Crippen molar-refractivity contribution >= 4 is 11.6 Å². The first-order chi connectivity index (χ1) is 14.1. The van der Waals surface area contributed by atoms with Crippen molar-refractivity contribution in [1.82, 2.24) is 4.90 Å². The average molecular weight is 408 g/mol. The van der Waals surface area contributed by atoms with Gasteiger partial charge in [0, 0.05) is 31.1 Å². The summed E-state index contributed by atoms with van der Waals surface area (Å²) in [6, 6.07) is 27.9. The molecule has 2 atom stereocenters. The van der Waals surface area contributed by atoms with Gasteiger partial charge in [-0.15, -0.1) is 0 Å². The van der Waals surface area contributed by atoms with Crippen LogP contribution in [0.4, 0.5) is 0 Å². The maximum absolute atomic E-state index is 12.0. The third-order valence-electron chi connectivity index (χ3n) is 5.62. The molecule has 3 nitrogen and oxygen atoms in total. The molecule has 1 fully saturated rings. The van der Waals surface area contributed by atoms with Gasteiger partial charge in [-0.25, -0.2) is 0 Å². The molecule has 0 saturated carbocycles. The molecule has 3 aromatic carbocycles. The number of hydrogen-bond donors (Lipinski definition) is 1. The van der Waals surface area contributed by atoms with Gasteiger partial charge in [-0.1, -0.05) is 90.5 Å². The summed E-state index contributed by atoms with van der Waals surface area (Å²) in [5.74, 6) is 0. The molecule has 150 valence electrons. The zero-order valence-corrected chi connectivity index (χ0v) is 17.1. The minimum atomic E-state index is -1.17. The van der Waals surface area contributed by atoms with Crippen LogP contribution in [0.5, 0.6) is 0 Å². The predicted molar refractivity (Wildman–Crippen MR) is 117 cm³/mol. The van der Waals surface area contributed by atoms with E-state index in [0.29, 0.717) is 24.6 Å². The highest BCUT2D eigenvalue weighted by atomic mass is 35.5. The Hall–Kier alpha value is -2.17. The Morgan fingerprint density at radius 2 is 1.59 bits per heavy atom. The smallest absolute Gasteiger partial charge is 0.121 e. The van der Waals surface area contributed by atoms with Crippen LogP contribution < -0.4 is 0 Å². The van der Waals surface area contributed by atoms with Gasteiger partial charge in [0.1, 0.15) is 11.7 Å². The van der Waals surface area contributed by atoms with Crippen molar-refractivity contribution in [2.24, 2.45) is 0 Å². The van der Waals surface area contributed by atoms with E-state index in [1.54, 1.807) is 0 Å². The van der Waals surface area contributed by atoms with E-state index in [2.05, 4.69) is 29.2 Å². The van der Waals surface area contributed by atoms with Crippen molar-refractivity contribution in [3.8, 4) is 0 Å². The Labute approximate surface area is 177 Å². The van der Waals surface area contributed by atoms with Crippen LogP contribution >= 0.6 is 11.6 Å². The molecule has 4 heteroatoms. The second-order valence-corrected chi connectivity index (χ2v) is 8.05. The third-order valence-corrected chi connectivity index (χ3v) is 5.99. The molecule has 1 N–H and O–H groups in total. The number of hydrogen-bond acceptors (Lipinski definition) is 3. The predicted octanol–water partition coefficient (Wildman–Crippen LogP) is 4.67. The minimum Gasteiger partial charge on any atom is -0.382 e. The van der Waals surface area contributed by atoms with Gasteiger partial charge in [0.15, 0.2) is 0 Å². The van der Waals surface area contributed by atoms with Gasteiger partial charge in [-0.05, 0) is 22.8 Å². The van der Waals surface area contributed by atoms with Crippen molar-refractivity contribution in [3.05, 3.63) is 107 Å². The van der Waals surface area contributed by atoms with Crippen LogP contribution in [-0.2, 0) is 23.3 Å². The van der Waals surface area contributed by atoms with Crippen LogP contribution in [0.15, 0.2) is 84.9 Å². The summed E-state index contributed by atoms with van der Waals surface area (Å²) in [5, 5.41) is 12.6. The van der Waals surface area contributed by atoms with E-state index in [-0.39, 0.29) is 6.10 Å². The number of aliphatic hydroxyl groups is 1. The summed E-state index contributed by atoms with van der Waals surface area (Å²) in [5.41, 5.74) is 1.88. The van der Waals surface area contributed by atoms with E-state index < -0.39 is 5.60 Å². The first-order valence-electron chi connectivity index (χ1n) is 10.0. The monoisotopic (exact) mass is 407 g/mol. The normalized spacial score (nSPS) is 19.6. The molecule has 0 aromatic heterocycles. The highest BCUT2D eigenvalue weighted by Crippen LogP contribution is 2.35. The van der Waals surface area contributed by atoms with Crippen molar-refractivity contribution in [3.63, 3.8) is 0 Å². The number of halogens is 1. The summed E-state index contributed by atoms with van der Waals surface area (Å²) in [4.78, 5) is 2.35. The van der Waals surface area contributed by atoms with Crippen LogP contribution in [0, 0.1) is 0 Å². The fourth-order valence-corrected chi connectivity index (χ4v) is 4.24. The molecule has 3 aromatic rings. The van der Waals surface area contributed by atoms with Crippen LogP contribution in [-0.4, -0.2) is 35.8 Å². The zero-order valence-electron chi connectivity index (χ0n) is 16.4. The molecule has 0 bridgehead atoms. The molecule has 0 aliphatic carbocycles. The van der Waals surface area contributed by atoms with E-state index in [4.69, 9.17) is 16.3 Å². The van der Waals surface area contributed by atoms with Crippen molar-refractivity contribution in [1.29, 1.82) is 0 Å². The topological polar surface area (TPSA) is 32.7 Å². The highest BCUT2D eigenvalue weighted by molar-refractivity contribution is 6.31. The number of benzene rings is 3. The second-order valence-electron chi connectivity index (χ2n) is 7.64. The molecule has 1 aliphatic heterocycles. The van der Waals surface area contributed by atoms with Crippen molar-refractivity contribution < 1.29 is 9.84 Å². The summed E-state index contributed by atoms with van der Waals surface area (Å²) in [6.07, 6.45) is 0.0548. The van der Waals surface area contributed by atoms with E-state index in [1.165, 1.54) is 5.56 Å². The van der Waals surface area contributed by atoms with Crippen molar-refractivity contribution in [2.45, 2.75) is 24.7 Å². The maximum Gasteiger partial charge on any atom is 0.121 e. The second kappa shape index (κ2) is 9.10. The summed E-state index contributed by atoms with van der Waals surface area (Å²) in [6.45, 7) is 2.94. The first kappa shape index (κ1) is 20.1. The van der Waals surface area contributed by atoms with E-state index in [1.807, 2.05) is 60.7 Å². The lowest BCUT2D eigenvalue weighted by Crippen LogP contribution is -2.53. The maximum atomic E-state index is 12.0. The van der Waals surface area contributed by atoms with Crippen LogP contribution in [0.1, 0.15) is 16.7 Å². The molecule has 29 heavy (non-hydrogen) atoms. The standard InChI is InChI=1S/C25H26ClNO2/c26-23-14-8-7-11-21(23)17-25(28,22-12-5-2-6-13-22)24-19-27(15-16-29-24)18-20-9-3-1-4-10-20/h1-14,24,28H,15-19H2. The fourth-order valence-electron chi connectivity index (χ4n) is 4.04. The lowest BCUT2D eigenvalue weighted by molar-refractivity contribution is -0.149. The first-order valence-corrected chi connectivity index (χ1v) is 10.4. The molecular formula is C25H26ClNO2. The Kier molecular flexibility index (Phi) is 6.31. The van der Waals surface area contributed by atoms with Crippen molar-refractivity contribution in [2.75, 3.05) is 19.7 Å². The number of rotatable bonds is 6. The Morgan fingerprint density at radius 3 is 2.31 bits per heavy atom. The van der Waals surface area contributed by atoms with E-state index in [9.17, 15) is 5.11 Å². The summed E-state index contributed by atoms with van der Waals surface area (Å²) >= 11 is 6.43. The molecule has 1 saturated heterocycles. The Morgan fingerprint density at radius 1 is 0.931 bits per heavy atom. The minimum absolute atomic E-state index is 0.348. The number of ether oxygens (including phenoxy) is 1. The Balaban J connectivity index is 1.61. The highest BCUT2D eigenvalue weighted by Gasteiger charge is 2.42.